The highest BCUT2D eigenvalue weighted by molar-refractivity contribution is 5.89. The zero-order valence-corrected chi connectivity index (χ0v) is 12.3. The first-order valence-electron chi connectivity index (χ1n) is 7.31. The van der Waals surface area contributed by atoms with E-state index in [1.165, 1.54) is 0 Å². The molecule has 21 heavy (non-hydrogen) atoms. The van der Waals surface area contributed by atoms with E-state index >= 15 is 0 Å². The number of carbonyl (C=O) groups excluding carboxylic acids is 1. The van der Waals surface area contributed by atoms with E-state index in [9.17, 15) is 14.7 Å². The molecule has 1 aliphatic rings. The van der Waals surface area contributed by atoms with Crippen LogP contribution in [-0.4, -0.2) is 48.1 Å². The number of hydrogen-bond acceptors (Lipinski definition) is 3. The van der Waals surface area contributed by atoms with E-state index in [-0.39, 0.29) is 12.3 Å². The lowest BCUT2D eigenvalue weighted by molar-refractivity contribution is -0.147. The molecule has 5 heteroatoms. The summed E-state index contributed by atoms with van der Waals surface area (Å²) < 4.78 is 0. The maximum absolute atomic E-state index is 12.5. The molecule has 1 aromatic rings. The molecule has 1 amide bonds. The van der Waals surface area contributed by atoms with E-state index in [0.717, 1.165) is 19.5 Å². The topological polar surface area (TPSA) is 69.6 Å². The molecule has 0 radical (unpaired) electrons. The number of rotatable bonds is 4. The number of carboxylic acids is 1. The Balaban J connectivity index is 2.16. The largest absolute Gasteiger partial charge is 0.481 e. The average molecular weight is 290 g/mol. The second-order valence-electron chi connectivity index (χ2n) is 5.66. The minimum atomic E-state index is -1.18. The van der Waals surface area contributed by atoms with Crippen molar-refractivity contribution in [2.24, 2.45) is 0 Å². The fourth-order valence-electron chi connectivity index (χ4n) is 2.62. The Morgan fingerprint density at radius 1 is 1.24 bits per heavy atom. The van der Waals surface area contributed by atoms with Gasteiger partial charge in [0, 0.05) is 26.1 Å². The second-order valence-corrected chi connectivity index (χ2v) is 5.66. The summed E-state index contributed by atoms with van der Waals surface area (Å²) in [5, 5.41) is 12.8. The van der Waals surface area contributed by atoms with Crippen LogP contribution in [0.5, 0.6) is 0 Å². The van der Waals surface area contributed by atoms with Crippen LogP contribution >= 0.6 is 0 Å². The van der Waals surface area contributed by atoms with Crippen LogP contribution in [0.4, 0.5) is 0 Å². The summed E-state index contributed by atoms with van der Waals surface area (Å²) in [5.74, 6) is -1.05. The molecule has 0 aromatic heterocycles. The van der Waals surface area contributed by atoms with E-state index in [2.05, 4.69) is 5.32 Å². The van der Waals surface area contributed by atoms with Gasteiger partial charge in [-0.25, -0.2) is 0 Å². The van der Waals surface area contributed by atoms with Crippen LogP contribution in [0.25, 0.3) is 0 Å². The Hall–Kier alpha value is -1.88. The normalized spacial score (nSPS) is 18.6. The SMILES string of the molecule is CC(CC(=O)N1CCCNCC1)(C(=O)O)c1ccccc1. The van der Waals surface area contributed by atoms with Gasteiger partial charge < -0.3 is 15.3 Å². The molecule has 0 bridgehead atoms. The molecule has 1 unspecified atom stereocenters. The maximum Gasteiger partial charge on any atom is 0.314 e. The van der Waals surface area contributed by atoms with Crippen molar-refractivity contribution in [3.05, 3.63) is 35.9 Å². The van der Waals surface area contributed by atoms with Gasteiger partial charge in [-0.15, -0.1) is 0 Å². The number of amides is 1. The van der Waals surface area contributed by atoms with Gasteiger partial charge in [-0.1, -0.05) is 30.3 Å². The smallest absolute Gasteiger partial charge is 0.314 e. The maximum atomic E-state index is 12.5. The number of aliphatic carboxylic acids is 1. The zero-order chi connectivity index (χ0) is 15.3. The number of benzene rings is 1. The summed E-state index contributed by atoms with van der Waals surface area (Å²) in [7, 11) is 0. The van der Waals surface area contributed by atoms with Crippen molar-refractivity contribution < 1.29 is 14.7 Å². The predicted octanol–water partition coefficient (Wildman–Crippen LogP) is 1.24. The molecule has 114 valence electrons. The van der Waals surface area contributed by atoms with Crippen molar-refractivity contribution >= 4 is 11.9 Å². The zero-order valence-electron chi connectivity index (χ0n) is 12.3. The summed E-state index contributed by atoms with van der Waals surface area (Å²) in [5.41, 5.74) is -0.517. The minimum absolute atomic E-state index is 0.00759. The number of nitrogens with zero attached hydrogens (tertiary/aromatic N) is 1. The highest BCUT2D eigenvalue weighted by Gasteiger charge is 2.38. The summed E-state index contributed by atoms with van der Waals surface area (Å²) in [6.45, 7) is 4.62. The molecule has 5 nitrogen and oxygen atoms in total. The molecular weight excluding hydrogens is 268 g/mol. The van der Waals surface area contributed by atoms with E-state index in [1.807, 2.05) is 6.07 Å². The third kappa shape index (κ3) is 3.61. The van der Waals surface area contributed by atoms with Crippen LogP contribution in [0, 0.1) is 0 Å². The fourth-order valence-corrected chi connectivity index (χ4v) is 2.62. The standard InChI is InChI=1S/C16H22N2O3/c1-16(15(20)21,13-6-3-2-4-7-13)12-14(19)18-10-5-8-17-9-11-18/h2-4,6-7,17H,5,8-12H2,1H3,(H,20,21). The summed E-state index contributed by atoms with van der Waals surface area (Å²) in [6, 6.07) is 8.98. The van der Waals surface area contributed by atoms with Crippen molar-refractivity contribution in [2.75, 3.05) is 26.2 Å². The molecule has 2 rings (SSSR count). The summed E-state index contributed by atoms with van der Waals surface area (Å²) in [4.78, 5) is 26.0. The van der Waals surface area contributed by atoms with Gasteiger partial charge >= 0.3 is 5.97 Å². The monoisotopic (exact) mass is 290 g/mol. The molecule has 1 fully saturated rings. The second kappa shape index (κ2) is 6.72. The van der Waals surface area contributed by atoms with Crippen LogP contribution < -0.4 is 5.32 Å². The van der Waals surface area contributed by atoms with Crippen molar-refractivity contribution in [1.29, 1.82) is 0 Å². The van der Waals surface area contributed by atoms with Crippen molar-refractivity contribution in [3.8, 4) is 0 Å². The molecule has 0 aliphatic carbocycles. The van der Waals surface area contributed by atoms with Crippen molar-refractivity contribution in [3.63, 3.8) is 0 Å². The molecule has 1 aromatic carbocycles. The molecule has 1 atom stereocenters. The van der Waals surface area contributed by atoms with Gasteiger partial charge in [0.1, 0.15) is 0 Å². The first-order chi connectivity index (χ1) is 10.0. The number of hydrogen-bond donors (Lipinski definition) is 2. The van der Waals surface area contributed by atoms with Crippen LogP contribution in [0.3, 0.4) is 0 Å². The first kappa shape index (κ1) is 15.5. The molecule has 1 aliphatic heterocycles. The van der Waals surface area contributed by atoms with Crippen LogP contribution in [-0.2, 0) is 15.0 Å². The van der Waals surface area contributed by atoms with Gasteiger partial charge in [0.05, 0.1) is 5.41 Å². The van der Waals surface area contributed by atoms with Crippen LogP contribution in [0.1, 0.15) is 25.3 Å². The van der Waals surface area contributed by atoms with Gasteiger partial charge in [-0.05, 0) is 25.5 Å². The van der Waals surface area contributed by atoms with E-state index in [1.54, 1.807) is 36.1 Å². The Morgan fingerprint density at radius 2 is 1.95 bits per heavy atom. The van der Waals surface area contributed by atoms with Gasteiger partial charge in [-0.3, -0.25) is 9.59 Å². The third-order valence-electron chi connectivity index (χ3n) is 4.08. The van der Waals surface area contributed by atoms with Gasteiger partial charge in [0.15, 0.2) is 0 Å². The van der Waals surface area contributed by atoms with Crippen molar-refractivity contribution in [1.82, 2.24) is 10.2 Å². The van der Waals surface area contributed by atoms with E-state index < -0.39 is 11.4 Å². The predicted molar refractivity (Wildman–Crippen MR) is 80.1 cm³/mol. The number of carbonyl (C=O) groups is 2. The molecule has 2 N–H and O–H groups in total. The van der Waals surface area contributed by atoms with Crippen LogP contribution in [0.2, 0.25) is 0 Å². The van der Waals surface area contributed by atoms with Crippen molar-refractivity contribution in [2.45, 2.75) is 25.2 Å². The minimum Gasteiger partial charge on any atom is -0.481 e. The molecular formula is C16H22N2O3. The van der Waals surface area contributed by atoms with Gasteiger partial charge in [-0.2, -0.15) is 0 Å². The Bertz CT molecular complexity index is 496. The quantitative estimate of drug-likeness (QED) is 0.875. The summed E-state index contributed by atoms with van der Waals surface area (Å²) >= 11 is 0. The fraction of sp³-hybridized carbons (Fsp3) is 0.500. The highest BCUT2D eigenvalue weighted by Crippen LogP contribution is 2.29. The Labute approximate surface area is 125 Å². The Kier molecular flexibility index (Phi) is 4.96. The lowest BCUT2D eigenvalue weighted by atomic mass is 9.79. The Morgan fingerprint density at radius 3 is 2.62 bits per heavy atom. The molecule has 1 heterocycles. The molecule has 0 saturated carbocycles. The van der Waals surface area contributed by atoms with E-state index in [4.69, 9.17) is 0 Å². The van der Waals surface area contributed by atoms with E-state index in [0.29, 0.717) is 18.7 Å². The molecule has 0 spiro atoms. The summed E-state index contributed by atoms with van der Waals surface area (Å²) in [6.07, 6.45) is 0.896. The van der Waals surface area contributed by atoms with Gasteiger partial charge in [0.2, 0.25) is 5.91 Å². The van der Waals surface area contributed by atoms with Crippen LogP contribution in [0.15, 0.2) is 30.3 Å². The lowest BCUT2D eigenvalue weighted by Crippen LogP contribution is -2.42. The highest BCUT2D eigenvalue weighted by atomic mass is 16.4. The number of nitrogens with one attached hydrogen (secondary N) is 1. The molecule has 1 saturated heterocycles. The first-order valence-corrected chi connectivity index (χ1v) is 7.31. The number of carboxylic acid groups (broad SMARTS) is 1. The third-order valence-corrected chi connectivity index (χ3v) is 4.08. The lowest BCUT2D eigenvalue weighted by Gasteiger charge is -2.28. The van der Waals surface area contributed by atoms with Gasteiger partial charge in [0.25, 0.3) is 0 Å². The average Bonchev–Trinajstić information content (AvgIpc) is 2.77.